The van der Waals surface area contributed by atoms with Crippen LogP contribution in [0.4, 0.5) is 0 Å². The third-order valence-electron chi connectivity index (χ3n) is 9.01. The molecule has 0 aliphatic rings. The summed E-state index contributed by atoms with van der Waals surface area (Å²) in [5.74, 6) is 0. The third-order valence-corrected chi connectivity index (χ3v) is 10.1. The van der Waals surface area contributed by atoms with Crippen LogP contribution < -0.4 is 0 Å². The van der Waals surface area contributed by atoms with E-state index in [1.807, 2.05) is 6.07 Å². The van der Waals surface area contributed by atoms with Crippen LogP contribution in [0.25, 0.3) is 92.1 Å². The highest BCUT2D eigenvalue weighted by Gasteiger charge is 2.17. The van der Waals surface area contributed by atoms with E-state index in [1.54, 1.807) is 11.3 Å². The maximum atomic E-state index is 6.35. The monoisotopic (exact) mass is 592 g/mol. The number of benzene rings is 7. The van der Waals surface area contributed by atoms with Crippen LogP contribution in [0, 0.1) is 0 Å². The number of hydrogen-bond acceptors (Lipinski definition) is 3. The molecule has 10 aromatic rings. The van der Waals surface area contributed by atoms with E-state index in [1.165, 1.54) is 38.1 Å². The average Bonchev–Trinajstić information content (AvgIpc) is 3.79. The molecule has 3 aromatic heterocycles. The lowest BCUT2D eigenvalue weighted by Gasteiger charge is -2.09. The smallest absolute Gasteiger partial charge is 0.137 e. The van der Waals surface area contributed by atoms with Gasteiger partial charge in [-0.15, -0.1) is 11.3 Å². The summed E-state index contributed by atoms with van der Waals surface area (Å²) in [6.45, 7) is 0. The minimum Gasteiger partial charge on any atom is -0.456 e. The molecule has 10 rings (SSSR count). The normalized spacial score (nSPS) is 12.0. The van der Waals surface area contributed by atoms with E-state index in [4.69, 9.17) is 9.40 Å². The molecule has 45 heavy (non-hydrogen) atoms. The second-order valence-electron chi connectivity index (χ2n) is 11.6. The van der Waals surface area contributed by atoms with E-state index in [2.05, 4.69) is 144 Å². The molecule has 0 bridgehead atoms. The van der Waals surface area contributed by atoms with E-state index in [-0.39, 0.29) is 0 Å². The SMILES string of the molecule is c1ccc(-c2ccc3c(c2)oc2ccc4sc(-c5ccc(-n6c7ccccc7c7cc8ccccc8cc76)cc5)nc4c23)cc1. The Kier molecular flexibility index (Phi) is 5.16. The molecule has 0 atom stereocenters. The maximum Gasteiger partial charge on any atom is 0.137 e. The fraction of sp³-hybridized carbons (Fsp3) is 0. The van der Waals surface area contributed by atoms with Crippen molar-refractivity contribution >= 4 is 76.1 Å². The topological polar surface area (TPSA) is 31.0 Å². The number of thiazole rings is 1. The molecule has 0 amide bonds. The second-order valence-corrected chi connectivity index (χ2v) is 12.6. The highest BCUT2D eigenvalue weighted by molar-refractivity contribution is 7.21. The zero-order valence-corrected chi connectivity index (χ0v) is 24.9. The summed E-state index contributed by atoms with van der Waals surface area (Å²) in [6.07, 6.45) is 0. The van der Waals surface area contributed by atoms with Gasteiger partial charge in [-0.2, -0.15) is 0 Å². The Bertz CT molecular complexity index is 2750. The van der Waals surface area contributed by atoms with Crippen LogP contribution in [0.1, 0.15) is 0 Å². The molecule has 0 N–H and O–H groups in total. The quantitative estimate of drug-likeness (QED) is 0.204. The lowest BCUT2D eigenvalue weighted by Crippen LogP contribution is -1.93. The van der Waals surface area contributed by atoms with E-state index >= 15 is 0 Å². The molecular weight excluding hydrogens is 569 g/mol. The van der Waals surface area contributed by atoms with Gasteiger partial charge in [-0.3, -0.25) is 0 Å². The van der Waals surface area contributed by atoms with Gasteiger partial charge in [0.05, 0.1) is 26.6 Å². The van der Waals surface area contributed by atoms with Gasteiger partial charge in [0.15, 0.2) is 0 Å². The van der Waals surface area contributed by atoms with Gasteiger partial charge in [0.2, 0.25) is 0 Å². The van der Waals surface area contributed by atoms with Gasteiger partial charge in [-0.25, -0.2) is 4.98 Å². The molecule has 210 valence electrons. The summed E-state index contributed by atoms with van der Waals surface area (Å²) < 4.78 is 9.89. The number of nitrogens with zero attached hydrogens (tertiary/aromatic N) is 2. The Balaban J connectivity index is 1.09. The van der Waals surface area contributed by atoms with Crippen LogP contribution in [0.3, 0.4) is 0 Å². The highest BCUT2D eigenvalue weighted by Crippen LogP contribution is 2.41. The van der Waals surface area contributed by atoms with Crippen molar-refractivity contribution in [2.75, 3.05) is 0 Å². The number of fused-ring (bicyclic) bond motifs is 9. The van der Waals surface area contributed by atoms with Crippen LogP contribution in [0.15, 0.2) is 150 Å². The van der Waals surface area contributed by atoms with Crippen LogP contribution in [-0.2, 0) is 0 Å². The van der Waals surface area contributed by atoms with Gasteiger partial charge in [0.25, 0.3) is 0 Å². The molecule has 0 radical (unpaired) electrons. The zero-order chi connectivity index (χ0) is 29.5. The predicted octanol–water partition coefficient (Wildman–Crippen LogP) is 11.8. The lowest BCUT2D eigenvalue weighted by molar-refractivity contribution is 0.669. The van der Waals surface area contributed by atoms with Crippen LogP contribution in [0.5, 0.6) is 0 Å². The molecule has 0 fully saturated rings. The van der Waals surface area contributed by atoms with Crippen molar-refractivity contribution < 1.29 is 4.42 Å². The van der Waals surface area contributed by atoms with Crippen LogP contribution in [0.2, 0.25) is 0 Å². The first-order chi connectivity index (χ1) is 22.3. The summed E-state index contributed by atoms with van der Waals surface area (Å²) >= 11 is 1.73. The summed E-state index contributed by atoms with van der Waals surface area (Å²) in [6, 6.07) is 51.9. The van der Waals surface area contributed by atoms with Crippen molar-refractivity contribution in [1.29, 1.82) is 0 Å². The first-order valence-corrected chi connectivity index (χ1v) is 15.9. The molecule has 7 aromatic carbocycles. The maximum absolute atomic E-state index is 6.35. The molecule has 3 nitrogen and oxygen atoms in total. The fourth-order valence-corrected chi connectivity index (χ4v) is 7.85. The van der Waals surface area contributed by atoms with E-state index < -0.39 is 0 Å². The third kappa shape index (κ3) is 3.73. The number of hydrogen-bond donors (Lipinski definition) is 0. The fourth-order valence-electron chi connectivity index (χ4n) is 6.87. The van der Waals surface area contributed by atoms with Crippen molar-refractivity contribution in [2.45, 2.75) is 0 Å². The molecule has 0 saturated heterocycles. The largest absolute Gasteiger partial charge is 0.456 e. The highest BCUT2D eigenvalue weighted by atomic mass is 32.1. The molecule has 0 saturated carbocycles. The minimum absolute atomic E-state index is 0.869. The number of furan rings is 1. The first-order valence-electron chi connectivity index (χ1n) is 15.1. The number of rotatable bonds is 3. The second kappa shape index (κ2) is 9.39. The predicted molar refractivity (Wildman–Crippen MR) is 190 cm³/mol. The minimum atomic E-state index is 0.869. The average molecular weight is 593 g/mol. The Labute approximate surface area is 262 Å². The van der Waals surface area contributed by atoms with Crippen LogP contribution in [-0.4, -0.2) is 9.55 Å². The Morgan fingerprint density at radius 3 is 2.13 bits per heavy atom. The van der Waals surface area contributed by atoms with Gasteiger partial charge >= 0.3 is 0 Å². The van der Waals surface area contributed by atoms with Crippen molar-refractivity contribution in [3.63, 3.8) is 0 Å². The number of aromatic nitrogens is 2. The molecular formula is C41H24N2OS. The standard InChI is InChI=1S/C41H24N2OS/c1-2-8-25(9-3-1)29-16-19-32-37(24-29)44-36-20-21-38-40(39(32)36)42-41(45-38)26-14-17-30(18-15-26)43-34-13-7-6-12-31(34)33-22-27-10-4-5-11-28(27)23-35(33)43/h1-24H. The summed E-state index contributed by atoms with van der Waals surface area (Å²) in [7, 11) is 0. The van der Waals surface area contributed by atoms with Gasteiger partial charge in [-0.05, 0) is 88.6 Å². The zero-order valence-electron chi connectivity index (χ0n) is 24.1. The summed E-state index contributed by atoms with van der Waals surface area (Å²) in [5, 5.41) is 8.23. The Hall–Kier alpha value is -5.71. The molecule has 0 aliphatic carbocycles. The molecule has 0 aliphatic heterocycles. The van der Waals surface area contributed by atoms with E-state index in [0.717, 1.165) is 54.0 Å². The first kappa shape index (κ1) is 24.7. The van der Waals surface area contributed by atoms with Crippen molar-refractivity contribution in [1.82, 2.24) is 9.55 Å². The van der Waals surface area contributed by atoms with Gasteiger partial charge in [0, 0.05) is 27.4 Å². The van der Waals surface area contributed by atoms with Gasteiger partial charge in [-0.1, -0.05) is 78.9 Å². The molecule has 3 heterocycles. The van der Waals surface area contributed by atoms with Crippen molar-refractivity contribution in [3.8, 4) is 27.4 Å². The summed E-state index contributed by atoms with van der Waals surface area (Å²) in [4.78, 5) is 5.19. The number of para-hydroxylation sites is 1. The van der Waals surface area contributed by atoms with Gasteiger partial charge in [0.1, 0.15) is 16.2 Å². The van der Waals surface area contributed by atoms with E-state index in [0.29, 0.717) is 0 Å². The van der Waals surface area contributed by atoms with Crippen molar-refractivity contribution in [3.05, 3.63) is 146 Å². The molecule has 0 unspecified atom stereocenters. The molecule has 0 spiro atoms. The van der Waals surface area contributed by atoms with E-state index in [9.17, 15) is 0 Å². The Morgan fingerprint density at radius 1 is 0.511 bits per heavy atom. The Morgan fingerprint density at radius 2 is 1.27 bits per heavy atom. The molecule has 4 heteroatoms. The van der Waals surface area contributed by atoms with Crippen molar-refractivity contribution in [2.24, 2.45) is 0 Å². The van der Waals surface area contributed by atoms with Crippen LogP contribution >= 0.6 is 11.3 Å². The summed E-state index contributed by atoms with van der Waals surface area (Å²) in [5.41, 5.74) is 9.75. The lowest BCUT2D eigenvalue weighted by atomic mass is 10.0. The van der Waals surface area contributed by atoms with Gasteiger partial charge < -0.3 is 8.98 Å².